The van der Waals surface area contributed by atoms with Gasteiger partial charge < -0.3 is 10.1 Å². The molecule has 4 heteroatoms. The van der Waals surface area contributed by atoms with Crippen LogP contribution in [0.3, 0.4) is 0 Å². The Morgan fingerprint density at radius 3 is 2.71 bits per heavy atom. The van der Waals surface area contributed by atoms with Crippen molar-refractivity contribution in [3.8, 4) is 0 Å². The lowest BCUT2D eigenvalue weighted by molar-refractivity contribution is -0.148. The van der Waals surface area contributed by atoms with Crippen molar-refractivity contribution >= 4 is 21.9 Å². The predicted molar refractivity (Wildman–Crippen MR) is 69.8 cm³/mol. The summed E-state index contributed by atoms with van der Waals surface area (Å²) in [6.45, 7) is 0.881. The minimum atomic E-state index is -0.525. The maximum Gasteiger partial charge on any atom is 0.326 e. The summed E-state index contributed by atoms with van der Waals surface area (Å²) in [5, 5.41) is 3.30. The van der Waals surface area contributed by atoms with Gasteiger partial charge in [0.25, 0.3) is 0 Å². The summed E-state index contributed by atoms with van der Waals surface area (Å²) in [4.78, 5) is 11.9. The molecule has 1 aromatic rings. The van der Waals surface area contributed by atoms with E-state index in [-0.39, 0.29) is 5.97 Å². The van der Waals surface area contributed by atoms with E-state index in [0.717, 1.165) is 29.4 Å². The molecule has 17 heavy (non-hydrogen) atoms. The number of ether oxygens (including phenoxy) is 1. The summed E-state index contributed by atoms with van der Waals surface area (Å²) in [5.41, 5.74) is 0.621. The van der Waals surface area contributed by atoms with E-state index in [0.29, 0.717) is 6.42 Å². The van der Waals surface area contributed by atoms with Crippen molar-refractivity contribution in [2.75, 3.05) is 13.7 Å². The Bertz CT molecular complexity index is 396. The standard InChI is InChI=1S/C13H16BrNO2/c1-17-12(16)13(7-2-8-15-13)9-10-3-5-11(14)6-4-10/h3-6,15H,2,7-9H2,1H3/t13-/m1/s1. The fourth-order valence-electron chi connectivity index (χ4n) is 2.35. The van der Waals surface area contributed by atoms with E-state index >= 15 is 0 Å². The first-order valence-electron chi connectivity index (χ1n) is 5.74. The van der Waals surface area contributed by atoms with Gasteiger partial charge in [-0.15, -0.1) is 0 Å². The highest BCUT2D eigenvalue weighted by Crippen LogP contribution is 2.26. The molecule has 0 spiro atoms. The zero-order valence-electron chi connectivity index (χ0n) is 9.83. The number of methoxy groups -OCH3 is 1. The van der Waals surface area contributed by atoms with Gasteiger partial charge in [-0.1, -0.05) is 28.1 Å². The Labute approximate surface area is 110 Å². The molecule has 0 aromatic heterocycles. The van der Waals surface area contributed by atoms with Gasteiger partial charge in [0.2, 0.25) is 0 Å². The van der Waals surface area contributed by atoms with Crippen LogP contribution in [0.2, 0.25) is 0 Å². The first-order valence-corrected chi connectivity index (χ1v) is 6.53. The number of carbonyl (C=O) groups is 1. The number of carbonyl (C=O) groups excluding carboxylic acids is 1. The van der Waals surface area contributed by atoms with Crippen molar-refractivity contribution in [3.63, 3.8) is 0 Å². The summed E-state index contributed by atoms with van der Waals surface area (Å²) < 4.78 is 5.97. The van der Waals surface area contributed by atoms with Crippen LogP contribution < -0.4 is 5.32 Å². The minimum Gasteiger partial charge on any atom is -0.468 e. The summed E-state index contributed by atoms with van der Waals surface area (Å²) in [6, 6.07) is 8.06. The summed E-state index contributed by atoms with van der Waals surface area (Å²) in [7, 11) is 1.45. The van der Waals surface area contributed by atoms with Gasteiger partial charge in [0.15, 0.2) is 0 Å². The zero-order chi connectivity index (χ0) is 12.3. The third-order valence-electron chi connectivity index (χ3n) is 3.24. The highest BCUT2D eigenvalue weighted by molar-refractivity contribution is 9.10. The Kier molecular flexibility index (Phi) is 3.84. The predicted octanol–water partition coefficient (Wildman–Crippen LogP) is 2.29. The number of halogens is 1. The normalized spacial score (nSPS) is 23.6. The smallest absolute Gasteiger partial charge is 0.326 e. The lowest BCUT2D eigenvalue weighted by Crippen LogP contribution is -2.50. The molecule has 0 saturated carbocycles. The van der Waals surface area contributed by atoms with Crippen LogP contribution in [0.5, 0.6) is 0 Å². The first-order chi connectivity index (χ1) is 8.16. The van der Waals surface area contributed by atoms with Gasteiger partial charge in [0, 0.05) is 10.9 Å². The van der Waals surface area contributed by atoms with Gasteiger partial charge in [-0.05, 0) is 37.1 Å². The summed E-state index contributed by atoms with van der Waals surface area (Å²) in [6.07, 6.45) is 2.55. The van der Waals surface area contributed by atoms with Crippen molar-refractivity contribution in [1.82, 2.24) is 5.32 Å². The van der Waals surface area contributed by atoms with Crippen LogP contribution in [0.25, 0.3) is 0 Å². The van der Waals surface area contributed by atoms with Crippen molar-refractivity contribution in [2.24, 2.45) is 0 Å². The lowest BCUT2D eigenvalue weighted by atomic mass is 9.89. The Hall–Kier alpha value is -0.870. The van der Waals surface area contributed by atoms with E-state index in [4.69, 9.17) is 4.74 Å². The van der Waals surface area contributed by atoms with Crippen molar-refractivity contribution < 1.29 is 9.53 Å². The van der Waals surface area contributed by atoms with Crippen LogP contribution in [0.4, 0.5) is 0 Å². The third-order valence-corrected chi connectivity index (χ3v) is 3.77. The topological polar surface area (TPSA) is 38.3 Å². The zero-order valence-corrected chi connectivity index (χ0v) is 11.4. The molecule has 1 saturated heterocycles. The second-order valence-electron chi connectivity index (χ2n) is 4.41. The molecule has 1 aromatic carbocycles. The molecule has 0 radical (unpaired) electrons. The van der Waals surface area contributed by atoms with E-state index in [1.54, 1.807) is 0 Å². The van der Waals surface area contributed by atoms with Crippen LogP contribution in [-0.4, -0.2) is 25.2 Å². The molecular weight excluding hydrogens is 282 g/mol. The summed E-state index contributed by atoms with van der Waals surface area (Å²) >= 11 is 3.41. The van der Waals surface area contributed by atoms with Crippen LogP contribution in [-0.2, 0) is 16.0 Å². The van der Waals surface area contributed by atoms with Gasteiger partial charge in [-0.25, -0.2) is 0 Å². The SMILES string of the molecule is COC(=O)[C@]1(Cc2ccc(Br)cc2)CCCN1. The second kappa shape index (κ2) is 5.19. The largest absolute Gasteiger partial charge is 0.468 e. The summed E-state index contributed by atoms with van der Waals surface area (Å²) in [5.74, 6) is -0.155. The second-order valence-corrected chi connectivity index (χ2v) is 5.32. The number of rotatable bonds is 3. The van der Waals surface area contributed by atoms with Crippen LogP contribution in [0, 0.1) is 0 Å². The monoisotopic (exact) mass is 297 g/mol. The molecule has 0 bridgehead atoms. The lowest BCUT2D eigenvalue weighted by Gasteiger charge is -2.26. The van der Waals surface area contributed by atoms with E-state index < -0.39 is 5.54 Å². The Morgan fingerprint density at radius 2 is 2.18 bits per heavy atom. The number of benzene rings is 1. The van der Waals surface area contributed by atoms with E-state index in [1.165, 1.54) is 7.11 Å². The molecule has 3 nitrogen and oxygen atoms in total. The molecule has 1 aliphatic heterocycles. The van der Waals surface area contributed by atoms with Gasteiger partial charge >= 0.3 is 5.97 Å². The van der Waals surface area contributed by atoms with Gasteiger partial charge in [-0.2, -0.15) is 0 Å². The molecule has 2 rings (SSSR count). The van der Waals surface area contributed by atoms with Gasteiger partial charge in [-0.3, -0.25) is 4.79 Å². The van der Waals surface area contributed by atoms with Crippen molar-refractivity contribution in [3.05, 3.63) is 34.3 Å². The number of hydrogen-bond donors (Lipinski definition) is 1. The minimum absolute atomic E-state index is 0.155. The molecule has 0 unspecified atom stereocenters. The molecule has 1 fully saturated rings. The first kappa shape index (κ1) is 12.6. The molecule has 1 atom stereocenters. The van der Waals surface area contributed by atoms with Crippen LogP contribution in [0.15, 0.2) is 28.7 Å². The Morgan fingerprint density at radius 1 is 1.47 bits per heavy atom. The molecule has 0 amide bonds. The maximum atomic E-state index is 11.9. The molecule has 1 N–H and O–H groups in total. The Balaban J connectivity index is 2.18. The quantitative estimate of drug-likeness (QED) is 0.870. The molecule has 0 aliphatic carbocycles. The number of esters is 1. The van der Waals surface area contributed by atoms with E-state index in [1.807, 2.05) is 24.3 Å². The van der Waals surface area contributed by atoms with Crippen molar-refractivity contribution in [1.29, 1.82) is 0 Å². The third kappa shape index (κ3) is 2.69. The van der Waals surface area contributed by atoms with Crippen LogP contribution in [0.1, 0.15) is 18.4 Å². The van der Waals surface area contributed by atoms with E-state index in [2.05, 4.69) is 21.2 Å². The number of nitrogens with one attached hydrogen (secondary N) is 1. The fraction of sp³-hybridized carbons (Fsp3) is 0.462. The fourth-order valence-corrected chi connectivity index (χ4v) is 2.61. The molecule has 1 aliphatic rings. The molecule has 1 heterocycles. The average Bonchev–Trinajstić information content (AvgIpc) is 2.81. The van der Waals surface area contributed by atoms with Gasteiger partial charge in [0.1, 0.15) is 5.54 Å². The maximum absolute atomic E-state index is 11.9. The number of hydrogen-bond acceptors (Lipinski definition) is 3. The molecular formula is C13H16BrNO2. The van der Waals surface area contributed by atoms with Gasteiger partial charge in [0.05, 0.1) is 7.11 Å². The molecule has 92 valence electrons. The highest BCUT2D eigenvalue weighted by Gasteiger charge is 2.41. The van der Waals surface area contributed by atoms with Crippen molar-refractivity contribution in [2.45, 2.75) is 24.8 Å². The van der Waals surface area contributed by atoms with Crippen LogP contribution >= 0.6 is 15.9 Å². The van der Waals surface area contributed by atoms with E-state index in [9.17, 15) is 4.79 Å². The average molecular weight is 298 g/mol. The highest BCUT2D eigenvalue weighted by atomic mass is 79.9.